The molecule has 6 heteroatoms. The number of rotatable bonds is 5. The molecule has 45 heavy (non-hydrogen) atoms. The van der Waals surface area contributed by atoms with E-state index in [4.69, 9.17) is 15.0 Å². The monoisotopic (exact) mass is 576 g/mol. The Labute approximate surface area is 259 Å². The summed E-state index contributed by atoms with van der Waals surface area (Å²) in [5, 5.41) is 11.8. The number of fused-ring (bicyclic) bond motifs is 3. The molecule has 0 aliphatic heterocycles. The molecule has 3 aromatic heterocycles. The van der Waals surface area contributed by atoms with Crippen LogP contribution in [-0.4, -0.2) is 24.5 Å². The number of para-hydroxylation sites is 1. The van der Waals surface area contributed by atoms with Crippen molar-refractivity contribution in [2.75, 3.05) is 0 Å². The van der Waals surface area contributed by atoms with Crippen molar-refractivity contribution >= 4 is 21.8 Å². The highest BCUT2D eigenvalue weighted by Gasteiger charge is 2.20. The van der Waals surface area contributed by atoms with Crippen LogP contribution in [0.25, 0.3) is 72.9 Å². The van der Waals surface area contributed by atoms with E-state index >= 15 is 0 Å². The van der Waals surface area contributed by atoms with Crippen LogP contribution in [0.5, 0.6) is 0 Å². The smallest absolute Gasteiger partial charge is 0.166 e. The minimum atomic E-state index is 0.560. The van der Waals surface area contributed by atoms with Crippen molar-refractivity contribution in [3.05, 3.63) is 151 Å². The fourth-order valence-electron chi connectivity index (χ4n) is 5.83. The predicted octanol–water partition coefficient (Wildman–Crippen LogP) is 8.90. The van der Waals surface area contributed by atoms with Crippen molar-refractivity contribution in [2.24, 2.45) is 0 Å². The van der Waals surface area contributed by atoms with Gasteiger partial charge >= 0.3 is 0 Å². The second-order valence-corrected chi connectivity index (χ2v) is 10.7. The molecule has 0 aliphatic rings. The van der Waals surface area contributed by atoms with Gasteiger partial charge in [-0.3, -0.25) is 4.98 Å². The van der Waals surface area contributed by atoms with Crippen molar-refractivity contribution in [2.45, 2.75) is 0 Å². The first-order valence-electron chi connectivity index (χ1n) is 14.6. The first kappa shape index (κ1) is 26.2. The Morgan fingerprint density at radius 1 is 0.511 bits per heavy atom. The van der Waals surface area contributed by atoms with E-state index in [-0.39, 0.29) is 0 Å². The van der Waals surface area contributed by atoms with Crippen LogP contribution in [0.15, 0.2) is 146 Å². The van der Waals surface area contributed by atoms with Gasteiger partial charge in [0, 0.05) is 39.2 Å². The van der Waals surface area contributed by atoms with Gasteiger partial charge in [-0.1, -0.05) is 91.0 Å². The minimum absolute atomic E-state index is 0.560. The Balaban J connectivity index is 1.46. The molecule has 0 amide bonds. The fourth-order valence-corrected chi connectivity index (χ4v) is 5.83. The second kappa shape index (κ2) is 11.0. The van der Waals surface area contributed by atoms with E-state index in [0.29, 0.717) is 23.0 Å². The van der Waals surface area contributed by atoms with Gasteiger partial charge in [-0.15, -0.1) is 0 Å². The van der Waals surface area contributed by atoms with E-state index in [0.717, 1.165) is 55.4 Å². The lowest BCUT2D eigenvalue weighted by Crippen LogP contribution is -2.04. The van der Waals surface area contributed by atoms with Crippen molar-refractivity contribution in [3.8, 4) is 57.2 Å². The van der Waals surface area contributed by atoms with E-state index in [1.54, 1.807) is 6.20 Å². The van der Waals surface area contributed by atoms with Gasteiger partial charge in [-0.25, -0.2) is 15.0 Å². The third kappa shape index (κ3) is 4.69. The zero-order chi connectivity index (χ0) is 30.2. The standard InChI is InChI=1S/C39H24N6/c40-25-26-18-21-35-32(23-26)30-15-7-8-17-34(30)45(35)36-24-29(33-16-9-10-22-41-33)19-20-31(36)39-43-37(27-11-3-1-4-12-27)42-38(44-39)28-13-5-2-6-14-28/h1-24H. The third-order valence-electron chi connectivity index (χ3n) is 7.94. The minimum Gasteiger partial charge on any atom is -0.308 e. The fraction of sp³-hybridized carbons (Fsp3) is 0. The molecule has 3 heterocycles. The highest BCUT2D eigenvalue weighted by molar-refractivity contribution is 6.10. The van der Waals surface area contributed by atoms with Crippen LogP contribution in [0.4, 0.5) is 0 Å². The molecule has 0 fully saturated rings. The predicted molar refractivity (Wildman–Crippen MR) is 178 cm³/mol. The first-order chi connectivity index (χ1) is 22.3. The molecule has 0 spiro atoms. The first-order valence-corrected chi connectivity index (χ1v) is 14.6. The molecule has 8 rings (SSSR count). The van der Waals surface area contributed by atoms with Crippen LogP contribution >= 0.6 is 0 Å². The highest BCUT2D eigenvalue weighted by atomic mass is 15.1. The number of nitriles is 1. The topological polar surface area (TPSA) is 80.3 Å². The summed E-state index contributed by atoms with van der Waals surface area (Å²) in [5.74, 6) is 1.75. The lowest BCUT2D eigenvalue weighted by atomic mass is 10.0. The summed E-state index contributed by atoms with van der Waals surface area (Å²) in [6.07, 6.45) is 1.80. The van der Waals surface area contributed by atoms with Gasteiger partial charge in [0.25, 0.3) is 0 Å². The maximum atomic E-state index is 9.70. The average molecular weight is 577 g/mol. The zero-order valence-corrected chi connectivity index (χ0v) is 24.0. The lowest BCUT2D eigenvalue weighted by Gasteiger charge is -2.16. The van der Waals surface area contributed by atoms with E-state index < -0.39 is 0 Å². The summed E-state index contributed by atoms with van der Waals surface area (Å²) in [6.45, 7) is 0. The normalized spacial score (nSPS) is 11.1. The van der Waals surface area contributed by atoms with Gasteiger partial charge < -0.3 is 4.57 Å². The molecule has 0 atom stereocenters. The van der Waals surface area contributed by atoms with E-state index in [1.807, 2.05) is 109 Å². The lowest BCUT2D eigenvalue weighted by molar-refractivity contribution is 1.06. The third-order valence-corrected chi connectivity index (χ3v) is 7.94. The summed E-state index contributed by atoms with van der Waals surface area (Å²) in [7, 11) is 0. The van der Waals surface area contributed by atoms with Crippen molar-refractivity contribution in [1.82, 2.24) is 24.5 Å². The van der Waals surface area contributed by atoms with E-state index in [1.165, 1.54) is 0 Å². The molecule has 0 unspecified atom stereocenters. The van der Waals surface area contributed by atoms with Crippen molar-refractivity contribution < 1.29 is 0 Å². The number of hydrogen-bond donors (Lipinski definition) is 0. The van der Waals surface area contributed by atoms with Gasteiger partial charge in [0.1, 0.15) is 0 Å². The molecule has 8 aromatic rings. The van der Waals surface area contributed by atoms with Crippen LogP contribution in [0, 0.1) is 11.3 Å². The van der Waals surface area contributed by atoms with Crippen LogP contribution in [0.1, 0.15) is 5.56 Å². The Hall–Kier alpha value is -6.45. The van der Waals surface area contributed by atoms with E-state index in [2.05, 4.69) is 46.0 Å². The second-order valence-electron chi connectivity index (χ2n) is 10.7. The number of pyridine rings is 1. The molecule has 0 N–H and O–H groups in total. The SMILES string of the molecule is N#Cc1ccc2c(c1)c1ccccc1n2-c1cc(-c2ccccn2)ccc1-c1nc(-c2ccccc2)nc(-c2ccccc2)n1. The molecule has 0 bridgehead atoms. The van der Waals surface area contributed by atoms with Crippen LogP contribution in [0.2, 0.25) is 0 Å². The molecule has 0 saturated heterocycles. The van der Waals surface area contributed by atoms with Gasteiger partial charge in [-0.05, 0) is 48.5 Å². The average Bonchev–Trinajstić information content (AvgIpc) is 3.46. The van der Waals surface area contributed by atoms with Crippen molar-refractivity contribution in [1.29, 1.82) is 5.26 Å². The number of benzene rings is 5. The Bertz CT molecular complexity index is 2320. The molecular formula is C39H24N6. The van der Waals surface area contributed by atoms with Gasteiger partial charge in [0.05, 0.1) is 34.0 Å². The zero-order valence-electron chi connectivity index (χ0n) is 24.0. The largest absolute Gasteiger partial charge is 0.308 e. The molecule has 0 saturated carbocycles. The summed E-state index contributed by atoms with van der Waals surface area (Å²) in [6, 6.07) is 48.6. The molecule has 0 radical (unpaired) electrons. The molecule has 5 aromatic carbocycles. The van der Waals surface area contributed by atoms with Crippen LogP contribution in [-0.2, 0) is 0 Å². The Morgan fingerprint density at radius 2 is 1.16 bits per heavy atom. The maximum absolute atomic E-state index is 9.70. The van der Waals surface area contributed by atoms with Gasteiger partial charge in [-0.2, -0.15) is 5.26 Å². The number of nitrogens with zero attached hydrogens (tertiary/aromatic N) is 6. The summed E-state index contributed by atoms with van der Waals surface area (Å²) >= 11 is 0. The number of hydrogen-bond acceptors (Lipinski definition) is 5. The molecular weight excluding hydrogens is 552 g/mol. The Kier molecular flexibility index (Phi) is 6.40. The molecule has 6 nitrogen and oxygen atoms in total. The van der Waals surface area contributed by atoms with Gasteiger partial charge in [0.2, 0.25) is 0 Å². The molecule has 0 aliphatic carbocycles. The molecule has 210 valence electrons. The van der Waals surface area contributed by atoms with E-state index in [9.17, 15) is 5.26 Å². The van der Waals surface area contributed by atoms with Gasteiger partial charge in [0.15, 0.2) is 17.5 Å². The number of aromatic nitrogens is 5. The quantitative estimate of drug-likeness (QED) is 0.204. The summed E-state index contributed by atoms with van der Waals surface area (Å²) in [5.41, 5.74) is 8.01. The summed E-state index contributed by atoms with van der Waals surface area (Å²) < 4.78 is 2.24. The van der Waals surface area contributed by atoms with Crippen molar-refractivity contribution in [3.63, 3.8) is 0 Å². The summed E-state index contributed by atoms with van der Waals surface area (Å²) in [4.78, 5) is 19.7. The maximum Gasteiger partial charge on any atom is 0.166 e. The van der Waals surface area contributed by atoms with Crippen LogP contribution in [0.3, 0.4) is 0 Å². The highest BCUT2D eigenvalue weighted by Crippen LogP contribution is 2.38. The van der Waals surface area contributed by atoms with Crippen LogP contribution < -0.4 is 0 Å². The Morgan fingerprint density at radius 3 is 1.84 bits per heavy atom.